The lowest BCUT2D eigenvalue weighted by Crippen LogP contribution is -2.17. The summed E-state index contributed by atoms with van der Waals surface area (Å²) in [5.74, 6) is -0.499. The molecule has 0 saturated carbocycles. The number of carbonyl (C=O) groups is 2. The first-order valence-corrected chi connectivity index (χ1v) is 5.79. The number of nitrogens with zero attached hydrogens (tertiary/aromatic N) is 1. The predicted octanol–water partition coefficient (Wildman–Crippen LogP) is 2.38. The highest BCUT2D eigenvalue weighted by molar-refractivity contribution is 5.85. The Hall–Kier alpha value is -2.37. The van der Waals surface area contributed by atoms with Crippen molar-refractivity contribution in [1.82, 2.24) is 4.98 Å². The van der Waals surface area contributed by atoms with Gasteiger partial charge in [-0.1, -0.05) is 19.9 Å². The van der Waals surface area contributed by atoms with Gasteiger partial charge < -0.3 is 9.84 Å². The zero-order chi connectivity index (χ0) is 14.3. The van der Waals surface area contributed by atoms with Gasteiger partial charge in [0, 0.05) is 6.08 Å². The fraction of sp³-hybridized carbons (Fsp3) is 0.308. The highest BCUT2D eigenvalue weighted by atomic mass is 16.5. The normalized spacial score (nSPS) is 10.7. The Morgan fingerprint density at radius 2 is 2.21 bits per heavy atom. The minimum atomic E-state index is -1.06. The molecule has 0 aliphatic carbocycles. The lowest BCUT2D eigenvalue weighted by Gasteiger charge is -2.08. The number of nitrogens with one attached hydrogen (secondary N) is 1. The quantitative estimate of drug-likeness (QED) is 0.797. The van der Waals surface area contributed by atoms with E-state index in [9.17, 15) is 9.59 Å². The number of aliphatic carboxylic acids is 1. The van der Waals surface area contributed by atoms with Crippen molar-refractivity contribution in [2.75, 3.05) is 11.9 Å². The maximum Gasteiger partial charge on any atom is 0.412 e. The minimum Gasteiger partial charge on any atom is -0.478 e. The molecule has 1 aromatic heterocycles. The molecule has 0 aromatic carbocycles. The second kappa shape index (κ2) is 7.15. The smallest absolute Gasteiger partial charge is 0.412 e. The van der Waals surface area contributed by atoms with Crippen LogP contribution in [0, 0.1) is 5.92 Å². The predicted molar refractivity (Wildman–Crippen MR) is 70.7 cm³/mol. The Kier molecular flexibility index (Phi) is 5.53. The van der Waals surface area contributed by atoms with Crippen LogP contribution >= 0.6 is 0 Å². The second-order valence-electron chi connectivity index (χ2n) is 4.24. The molecule has 1 heterocycles. The van der Waals surface area contributed by atoms with Gasteiger partial charge in [-0.2, -0.15) is 0 Å². The fourth-order valence-corrected chi connectivity index (χ4v) is 1.15. The summed E-state index contributed by atoms with van der Waals surface area (Å²) in [4.78, 5) is 25.8. The number of carboxylic acid groups (broad SMARTS) is 1. The number of carbonyl (C=O) groups excluding carboxylic acids is 1. The summed E-state index contributed by atoms with van der Waals surface area (Å²) < 4.78 is 4.94. The van der Waals surface area contributed by atoms with Crippen molar-refractivity contribution in [1.29, 1.82) is 0 Å². The summed E-state index contributed by atoms with van der Waals surface area (Å²) in [5, 5.41) is 11.0. The van der Waals surface area contributed by atoms with Crippen molar-refractivity contribution in [2.45, 2.75) is 13.8 Å². The number of rotatable bonds is 5. The molecular formula is C13H16N2O4. The zero-order valence-electron chi connectivity index (χ0n) is 10.8. The van der Waals surface area contributed by atoms with E-state index < -0.39 is 12.1 Å². The molecule has 0 atom stereocenters. The maximum absolute atomic E-state index is 11.4. The molecule has 1 aromatic rings. The van der Waals surface area contributed by atoms with E-state index in [0.717, 1.165) is 6.08 Å². The van der Waals surface area contributed by atoms with E-state index in [4.69, 9.17) is 9.84 Å². The molecule has 6 nitrogen and oxygen atoms in total. The SMILES string of the molecule is CC(C)COC(=O)Nc1cccc(C=CC(=O)O)n1. The van der Waals surface area contributed by atoms with Crippen LogP contribution < -0.4 is 5.32 Å². The number of pyridine rings is 1. The molecule has 0 aliphatic heterocycles. The van der Waals surface area contributed by atoms with Crippen LogP contribution in [0.4, 0.5) is 10.6 Å². The van der Waals surface area contributed by atoms with Crippen molar-refractivity contribution in [2.24, 2.45) is 5.92 Å². The van der Waals surface area contributed by atoms with Gasteiger partial charge in [0.2, 0.25) is 0 Å². The van der Waals surface area contributed by atoms with Crippen LogP contribution in [-0.4, -0.2) is 28.8 Å². The van der Waals surface area contributed by atoms with Crippen molar-refractivity contribution in [3.05, 3.63) is 30.0 Å². The van der Waals surface area contributed by atoms with Gasteiger partial charge in [-0.3, -0.25) is 5.32 Å². The first-order valence-electron chi connectivity index (χ1n) is 5.79. The largest absolute Gasteiger partial charge is 0.478 e. The molecule has 102 valence electrons. The molecule has 0 bridgehead atoms. The van der Waals surface area contributed by atoms with Crippen molar-refractivity contribution >= 4 is 24.0 Å². The van der Waals surface area contributed by atoms with Gasteiger partial charge in [0.25, 0.3) is 0 Å². The van der Waals surface area contributed by atoms with Gasteiger partial charge in [-0.25, -0.2) is 14.6 Å². The number of anilines is 1. The fourth-order valence-electron chi connectivity index (χ4n) is 1.15. The molecule has 0 aliphatic rings. The number of hydrogen-bond acceptors (Lipinski definition) is 4. The maximum atomic E-state index is 11.4. The lowest BCUT2D eigenvalue weighted by atomic mass is 10.2. The molecule has 0 unspecified atom stereocenters. The first kappa shape index (κ1) is 14.7. The lowest BCUT2D eigenvalue weighted by molar-refractivity contribution is -0.131. The van der Waals surface area contributed by atoms with E-state index in [2.05, 4.69) is 10.3 Å². The molecule has 2 N–H and O–H groups in total. The van der Waals surface area contributed by atoms with Crippen LogP contribution in [0.1, 0.15) is 19.5 Å². The molecular weight excluding hydrogens is 248 g/mol. The Morgan fingerprint density at radius 1 is 1.47 bits per heavy atom. The molecule has 1 rings (SSSR count). The van der Waals surface area contributed by atoms with E-state index in [1.807, 2.05) is 13.8 Å². The van der Waals surface area contributed by atoms with Gasteiger partial charge in [0.05, 0.1) is 12.3 Å². The Labute approximate surface area is 111 Å². The molecule has 0 saturated heterocycles. The molecule has 0 radical (unpaired) electrons. The van der Waals surface area contributed by atoms with Crippen molar-refractivity contribution in [3.63, 3.8) is 0 Å². The van der Waals surface area contributed by atoms with Gasteiger partial charge in [-0.15, -0.1) is 0 Å². The summed E-state index contributed by atoms with van der Waals surface area (Å²) in [6, 6.07) is 4.88. The molecule has 6 heteroatoms. The van der Waals surface area contributed by atoms with E-state index in [1.165, 1.54) is 6.08 Å². The van der Waals surface area contributed by atoms with Crippen LogP contribution in [0.15, 0.2) is 24.3 Å². The monoisotopic (exact) mass is 264 g/mol. The third-order valence-corrected chi connectivity index (χ3v) is 1.95. The van der Waals surface area contributed by atoms with Crippen LogP contribution in [0.25, 0.3) is 6.08 Å². The number of carboxylic acids is 1. The van der Waals surface area contributed by atoms with Crippen LogP contribution in [0.5, 0.6) is 0 Å². The van der Waals surface area contributed by atoms with E-state index in [1.54, 1.807) is 18.2 Å². The summed E-state index contributed by atoms with van der Waals surface area (Å²) >= 11 is 0. The highest BCUT2D eigenvalue weighted by Gasteiger charge is 2.05. The third kappa shape index (κ3) is 6.21. The summed E-state index contributed by atoms with van der Waals surface area (Å²) in [5.41, 5.74) is 0.434. The van der Waals surface area contributed by atoms with Crippen molar-refractivity contribution < 1.29 is 19.4 Å². The topological polar surface area (TPSA) is 88.5 Å². The molecule has 0 spiro atoms. The standard InChI is InChI=1S/C13H16N2O4/c1-9(2)8-19-13(18)15-11-5-3-4-10(14-11)6-7-12(16)17/h3-7,9H,8H2,1-2H3,(H,16,17)(H,14,15,18). The second-order valence-corrected chi connectivity index (χ2v) is 4.24. The molecule has 0 fully saturated rings. The number of hydrogen-bond donors (Lipinski definition) is 2. The first-order chi connectivity index (χ1) is 8.97. The summed E-state index contributed by atoms with van der Waals surface area (Å²) in [7, 11) is 0. The minimum absolute atomic E-state index is 0.253. The van der Waals surface area contributed by atoms with E-state index in [0.29, 0.717) is 18.1 Å². The zero-order valence-corrected chi connectivity index (χ0v) is 10.8. The van der Waals surface area contributed by atoms with Crippen LogP contribution in [0.2, 0.25) is 0 Å². The van der Waals surface area contributed by atoms with Gasteiger partial charge >= 0.3 is 12.1 Å². The van der Waals surface area contributed by atoms with Crippen LogP contribution in [-0.2, 0) is 9.53 Å². The Morgan fingerprint density at radius 3 is 2.84 bits per heavy atom. The average Bonchev–Trinajstić information content (AvgIpc) is 2.34. The number of ether oxygens (including phenoxy) is 1. The van der Waals surface area contributed by atoms with Gasteiger partial charge in [0.1, 0.15) is 5.82 Å². The Bertz CT molecular complexity index is 483. The number of amides is 1. The summed E-state index contributed by atoms with van der Waals surface area (Å²) in [6.07, 6.45) is 1.73. The van der Waals surface area contributed by atoms with Gasteiger partial charge in [-0.05, 0) is 24.1 Å². The number of aromatic nitrogens is 1. The molecule has 1 amide bonds. The Balaban J connectivity index is 2.61. The third-order valence-electron chi connectivity index (χ3n) is 1.95. The van der Waals surface area contributed by atoms with E-state index in [-0.39, 0.29) is 5.92 Å². The van der Waals surface area contributed by atoms with E-state index >= 15 is 0 Å². The molecule has 19 heavy (non-hydrogen) atoms. The van der Waals surface area contributed by atoms with Crippen LogP contribution in [0.3, 0.4) is 0 Å². The average molecular weight is 264 g/mol. The highest BCUT2D eigenvalue weighted by Crippen LogP contribution is 2.07. The van der Waals surface area contributed by atoms with Crippen molar-refractivity contribution in [3.8, 4) is 0 Å². The summed E-state index contributed by atoms with van der Waals surface area (Å²) in [6.45, 7) is 4.19. The van der Waals surface area contributed by atoms with Gasteiger partial charge in [0.15, 0.2) is 0 Å².